The zero-order valence-corrected chi connectivity index (χ0v) is 11.0. The van der Waals surface area contributed by atoms with Crippen LogP contribution in [-0.4, -0.2) is 31.2 Å². The van der Waals surface area contributed by atoms with Gasteiger partial charge in [0, 0.05) is 12.3 Å². The first-order valence-corrected chi connectivity index (χ1v) is 6.44. The lowest BCUT2D eigenvalue weighted by atomic mass is 10.3. The number of nitrogens with two attached hydrogens (primary N) is 1. The summed E-state index contributed by atoms with van der Waals surface area (Å²) in [5, 5.41) is 0.617. The van der Waals surface area contributed by atoms with Gasteiger partial charge in [-0.2, -0.15) is 0 Å². The summed E-state index contributed by atoms with van der Waals surface area (Å²) in [7, 11) is 1.64. The molecule has 0 saturated heterocycles. The Balaban J connectivity index is 2.24. The van der Waals surface area contributed by atoms with Crippen molar-refractivity contribution in [3.05, 3.63) is 24.3 Å². The Labute approximate surface area is 106 Å². The number of methoxy groups -OCH3 is 1. The summed E-state index contributed by atoms with van der Waals surface area (Å²) in [5.74, 6) is 2.45. The van der Waals surface area contributed by atoms with Crippen molar-refractivity contribution in [2.24, 2.45) is 10.7 Å². The Morgan fingerprint density at radius 1 is 1.29 bits per heavy atom. The molecule has 0 radical (unpaired) electrons. The van der Waals surface area contributed by atoms with E-state index in [1.54, 1.807) is 7.11 Å². The molecule has 2 N–H and O–H groups in total. The molecule has 0 bridgehead atoms. The van der Waals surface area contributed by atoms with E-state index in [4.69, 9.17) is 15.2 Å². The van der Waals surface area contributed by atoms with E-state index in [-0.39, 0.29) is 0 Å². The van der Waals surface area contributed by atoms with Crippen molar-refractivity contribution < 1.29 is 9.47 Å². The van der Waals surface area contributed by atoms with Gasteiger partial charge in [0.2, 0.25) is 0 Å². The Kier molecular flexibility index (Phi) is 6.32. The fraction of sp³-hybridized carbons (Fsp3) is 0.417. The predicted octanol–water partition coefficient (Wildman–Crippen LogP) is 2.14. The molecule has 0 heterocycles. The highest BCUT2D eigenvalue weighted by Gasteiger charge is 1.97. The van der Waals surface area contributed by atoms with Crippen molar-refractivity contribution in [2.45, 2.75) is 6.92 Å². The molecule has 0 atom stereocenters. The van der Waals surface area contributed by atoms with Gasteiger partial charge in [-0.15, -0.1) is 0 Å². The Morgan fingerprint density at radius 3 is 2.53 bits per heavy atom. The number of hydrogen-bond acceptors (Lipinski definition) is 4. The normalized spacial score (nSPS) is 11.3. The molecule has 0 aliphatic carbocycles. The minimum absolute atomic E-state index is 0.608. The smallest absolute Gasteiger partial charge is 0.154 e. The standard InChI is InChI=1S/C12H18N2O2S/c1-3-14-12(13)17-9-8-16-11-6-4-10(15-2)5-7-11/h4-7H,3,8-9H2,1-2H3,(H2,13,14). The average Bonchev–Trinajstić information content (AvgIpc) is 2.36. The molecule has 0 saturated carbocycles. The largest absolute Gasteiger partial charge is 0.497 e. The molecule has 0 unspecified atom stereocenters. The second-order valence-electron chi connectivity index (χ2n) is 3.19. The monoisotopic (exact) mass is 254 g/mol. The van der Waals surface area contributed by atoms with Crippen LogP contribution in [0.3, 0.4) is 0 Å². The van der Waals surface area contributed by atoms with Gasteiger partial charge >= 0.3 is 0 Å². The third-order valence-electron chi connectivity index (χ3n) is 1.98. The minimum atomic E-state index is 0.608. The molecule has 17 heavy (non-hydrogen) atoms. The molecule has 4 nitrogen and oxygen atoms in total. The Hall–Kier alpha value is -1.36. The van der Waals surface area contributed by atoms with Gasteiger partial charge in [0.1, 0.15) is 11.5 Å². The number of hydrogen-bond donors (Lipinski definition) is 1. The van der Waals surface area contributed by atoms with Crippen LogP contribution in [0, 0.1) is 0 Å². The number of rotatable bonds is 6. The van der Waals surface area contributed by atoms with Crippen LogP contribution in [0.2, 0.25) is 0 Å². The van der Waals surface area contributed by atoms with Crippen LogP contribution in [0.15, 0.2) is 29.3 Å². The van der Waals surface area contributed by atoms with Crippen LogP contribution in [0.25, 0.3) is 0 Å². The summed E-state index contributed by atoms with van der Waals surface area (Å²) >= 11 is 1.51. The number of thioether (sulfide) groups is 1. The molecule has 0 spiro atoms. The Morgan fingerprint density at radius 2 is 1.94 bits per heavy atom. The number of aliphatic imine (C=N–C) groups is 1. The molecule has 1 rings (SSSR count). The molecular formula is C12H18N2O2S. The molecule has 1 aromatic carbocycles. The number of benzene rings is 1. The summed E-state index contributed by atoms with van der Waals surface area (Å²) in [6.45, 7) is 3.29. The highest BCUT2D eigenvalue weighted by molar-refractivity contribution is 8.13. The SMILES string of the molecule is CCN=C(N)SCCOc1ccc(OC)cc1. The highest BCUT2D eigenvalue weighted by atomic mass is 32.2. The van der Waals surface area contributed by atoms with Gasteiger partial charge in [-0.05, 0) is 31.2 Å². The average molecular weight is 254 g/mol. The maximum Gasteiger partial charge on any atom is 0.154 e. The number of ether oxygens (including phenoxy) is 2. The second kappa shape index (κ2) is 7.84. The zero-order valence-electron chi connectivity index (χ0n) is 10.2. The van der Waals surface area contributed by atoms with Crippen molar-refractivity contribution in [1.29, 1.82) is 0 Å². The first kappa shape index (κ1) is 13.7. The highest BCUT2D eigenvalue weighted by Crippen LogP contribution is 2.17. The fourth-order valence-electron chi connectivity index (χ4n) is 1.18. The van der Waals surface area contributed by atoms with Crippen molar-refractivity contribution in [3.8, 4) is 11.5 Å². The van der Waals surface area contributed by atoms with Crippen LogP contribution >= 0.6 is 11.8 Å². The maximum atomic E-state index is 5.64. The Bertz CT molecular complexity index is 352. The molecule has 0 aliphatic heterocycles. The van der Waals surface area contributed by atoms with Crippen molar-refractivity contribution in [2.75, 3.05) is 26.0 Å². The lowest BCUT2D eigenvalue weighted by molar-refractivity contribution is 0.343. The lowest BCUT2D eigenvalue weighted by Gasteiger charge is -2.06. The lowest BCUT2D eigenvalue weighted by Crippen LogP contribution is -2.10. The van der Waals surface area contributed by atoms with Crippen LogP contribution in [0.1, 0.15) is 6.92 Å². The molecule has 0 aromatic heterocycles. The summed E-state index contributed by atoms with van der Waals surface area (Å²) < 4.78 is 10.6. The molecule has 0 amide bonds. The van der Waals surface area contributed by atoms with E-state index in [2.05, 4.69) is 4.99 Å². The maximum absolute atomic E-state index is 5.64. The van der Waals surface area contributed by atoms with Crippen LogP contribution in [0.4, 0.5) is 0 Å². The first-order valence-electron chi connectivity index (χ1n) is 5.45. The van der Waals surface area contributed by atoms with Gasteiger partial charge in [-0.1, -0.05) is 11.8 Å². The third kappa shape index (κ3) is 5.49. The molecule has 0 fully saturated rings. The number of amidine groups is 1. The van der Waals surface area contributed by atoms with E-state index in [1.165, 1.54) is 11.8 Å². The van der Waals surface area contributed by atoms with Gasteiger partial charge in [-0.25, -0.2) is 0 Å². The van der Waals surface area contributed by atoms with Crippen molar-refractivity contribution in [1.82, 2.24) is 0 Å². The number of nitrogens with zero attached hydrogens (tertiary/aromatic N) is 1. The molecule has 0 aliphatic rings. The summed E-state index contributed by atoms with van der Waals surface area (Å²) in [5.41, 5.74) is 5.64. The van der Waals surface area contributed by atoms with E-state index >= 15 is 0 Å². The van der Waals surface area contributed by atoms with E-state index in [0.29, 0.717) is 11.8 Å². The quantitative estimate of drug-likeness (QED) is 0.480. The van der Waals surface area contributed by atoms with Gasteiger partial charge in [-0.3, -0.25) is 4.99 Å². The first-order chi connectivity index (χ1) is 8.26. The van der Waals surface area contributed by atoms with Gasteiger partial charge in [0.15, 0.2) is 5.17 Å². The van der Waals surface area contributed by atoms with Crippen molar-refractivity contribution >= 4 is 16.9 Å². The van der Waals surface area contributed by atoms with Crippen LogP contribution in [-0.2, 0) is 0 Å². The summed E-state index contributed by atoms with van der Waals surface area (Å²) in [6.07, 6.45) is 0. The van der Waals surface area contributed by atoms with E-state index < -0.39 is 0 Å². The summed E-state index contributed by atoms with van der Waals surface area (Å²) in [6, 6.07) is 7.50. The zero-order chi connectivity index (χ0) is 12.5. The second-order valence-corrected chi connectivity index (χ2v) is 4.30. The third-order valence-corrected chi connectivity index (χ3v) is 2.77. The van der Waals surface area contributed by atoms with E-state index in [9.17, 15) is 0 Å². The van der Waals surface area contributed by atoms with Crippen LogP contribution < -0.4 is 15.2 Å². The fourth-order valence-corrected chi connectivity index (χ4v) is 1.78. The van der Waals surface area contributed by atoms with Crippen molar-refractivity contribution in [3.63, 3.8) is 0 Å². The topological polar surface area (TPSA) is 56.8 Å². The van der Waals surface area contributed by atoms with Gasteiger partial charge in [0.05, 0.1) is 13.7 Å². The predicted molar refractivity (Wildman–Crippen MR) is 73.1 cm³/mol. The van der Waals surface area contributed by atoms with Gasteiger partial charge in [0.25, 0.3) is 0 Å². The van der Waals surface area contributed by atoms with E-state index in [1.807, 2.05) is 31.2 Å². The minimum Gasteiger partial charge on any atom is -0.497 e. The summed E-state index contributed by atoms with van der Waals surface area (Å²) in [4.78, 5) is 4.08. The molecular weight excluding hydrogens is 236 g/mol. The molecule has 5 heteroatoms. The van der Waals surface area contributed by atoms with Crippen LogP contribution in [0.5, 0.6) is 11.5 Å². The molecule has 94 valence electrons. The molecule has 1 aromatic rings. The van der Waals surface area contributed by atoms with Gasteiger partial charge < -0.3 is 15.2 Å². The van der Waals surface area contributed by atoms with E-state index in [0.717, 1.165) is 23.8 Å².